The number of nitrogens with zero attached hydrogens (tertiary/aromatic N) is 1. The minimum Gasteiger partial charge on any atom is -0.277 e. The zero-order valence-electron chi connectivity index (χ0n) is 11.9. The SMILES string of the molecule is C/C=C(/C1CC=c2ccccc2=N1)C(C)C(C)C. The van der Waals surface area contributed by atoms with Crippen LogP contribution in [-0.4, -0.2) is 6.04 Å². The van der Waals surface area contributed by atoms with Gasteiger partial charge < -0.3 is 0 Å². The standard InChI is InChI=1S/C17H23N/c1-5-15(13(4)12(2)3)17-11-10-14-8-6-7-9-16(14)18-17/h5-10,12-13,17H,11H2,1-4H3/b15-5+. The topological polar surface area (TPSA) is 12.4 Å². The highest BCUT2D eigenvalue weighted by Gasteiger charge is 2.20. The van der Waals surface area contributed by atoms with Crippen molar-refractivity contribution in [2.75, 3.05) is 0 Å². The summed E-state index contributed by atoms with van der Waals surface area (Å²) in [4.78, 5) is 4.92. The van der Waals surface area contributed by atoms with Crippen molar-refractivity contribution in [1.82, 2.24) is 0 Å². The van der Waals surface area contributed by atoms with Crippen molar-refractivity contribution >= 4 is 6.08 Å². The van der Waals surface area contributed by atoms with Gasteiger partial charge in [0.05, 0.1) is 11.4 Å². The summed E-state index contributed by atoms with van der Waals surface area (Å²) >= 11 is 0. The molecule has 0 fully saturated rings. The van der Waals surface area contributed by atoms with Crippen molar-refractivity contribution in [2.45, 2.75) is 40.2 Å². The number of para-hydroxylation sites is 1. The highest BCUT2D eigenvalue weighted by molar-refractivity contribution is 5.31. The molecule has 0 aromatic heterocycles. The van der Waals surface area contributed by atoms with Crippen molar-refractivity contribution in [2.24, 2.45) is 16.8 Å². The lowest BCUT2D eigenvalue weighted by molar-refractivity contribution is 0.451. The van der Waals surface area contributed by atoms with Gasteiger partial charge in [-0.25, -0.2) is 0 Å². The van der Waals surface area contributed by atoms with Gasteiger partial charge in [0.25, 0.3) is 0 Å². The average molecular weight is 241 g/mol. The molecule has 0 amide bonds. The van der Waals surface area contributed by atoms with Crippen LogP contribution in [0.1, 0.15) is 34.1 Å². The molecule has 0 radical (unpaired) electrons. The Morgan fingerprint density at radius 1 is 1.28 bits per heavy atom. The van der Waals surface area contributed by atoms with E-state index in [2.05, 4.69) is 64.1 Å². The molecule has 0 spiro atoms. The van der Waals surface area contributed by atoms with E-state index in [1.54, 1.807) is 0 Å². The predicted molar refractivity (Wildman–Crippen MR) is 77.9 cm³/mol. The first kappa shape index (κ1) is 13.1. The van der Waals surface area contributed by atoms with E-state index >= 15 is 0 Å². The van der Waals surface area contributed by atoms with Crippen LogP contribution in [0.25, 0.3) is 6.08 Å². The molecule has 2 atom stereocenters. The molecule has 18 heavy (non-hydrogen) atoms. The first-order valence-corrected chi connectivity index (χ1v) is 6.92. The van der Waals surface area contributed by atoms with Crippen molar-refractivity contribution < 1.29 is 0 Å². The Labute approximate surface area is 110 Å². The van der Waals surface area contributed by atoms with Crippen LogP contribution in [0.3, 0.4) is 0 Å². The van der Waals surface area contributed by atoms with Crippen molar-refractivity contribution in [3.63, 3.8) is 0 Å². The number of allylic oxidation sites excluding steroid dienone is 1. The van der Waals surface area contributed by atoms with Crippen molar-refractivity contribution in [3.8, 4) is 0 Å². The average Bonchev–Trinajstić information content (AvgIpc) is 2.39. The first-order valence-electron chi connectivity index (χ1n) is 6.92. The summed E-state index contributed by atoms with van der Waals surface area (Å²) in [5, 5.41) is 2.42. The maximum absolute atomic E-state index is 4.92. The highest BCUT2D eigenvalue weighted by atomic mass is 14.8. The van der Waals surface area contributed by atoms with Crippen LogP contribution in [0, 0.1) is 11.8 Å². The summed E-state index contributed by atoms with van der Waals surface area (Å²) in [7, 11) is 0. The van der Waals surface area contributed by atoms with Crippen LogP contribution >= 0.6 is 0 Å². The smallest absolute Gasteiger partial charge is 0.0753 e. The molecule has 1 aliphatic rings. The van der Waals surface area contributed by atoms with Crippen LogP contribution in [0.5, 0.6) is 0 Å². The third kappa shape index (κ3) is 2.55. The molecule has 0 saturated carbocycles. The first-order chi connectivity index (χ1) is 8.63. The van der Waals surface area contributed by atoms with Gasteiger partial charge in [0, 0.05) is 0 Å². The molecular formula is C17H23N. The molecule has 1 heteroatoms. The molecule has 0 bridgehead atoms. The number of hydrogen-bond acceptors (Lipinski definition) is 1. The Balaban J connectivity index is 2.35. The molecule has 0 N–H and O–H groups in total. The third-order valence-corrected chi connectivity index (χ3v) is 4.04. The van der Waals surface area contributed by atoms with Crippen LogP contribution in [0.4, 0.5) is 0 Å². The van der Waals surface area contributed by atoms with E-state index in [-0.39, 0.29) is 0 Å². The summed E-state index contributed by atoms with van der Waals surface area (Å²) in [6, 6.07) is 8.75. The van der Waals surface area contributed by atoms with Gasteiger partial charge in [0.2, 0.25) is 0 Å². The van der Waals surface area contributed by atoms with Crippen LogP contribution in [0.2, 0.25) is 0 Å². The number of fused-ring (bicyclic) bond motifs is 1. The zero-order chi connectivity index (χ0) is 13.1. The highest BCUT2D eigenvalue weighted by Crippen LogP contribution is 2.26. The fraction of sp³-hybridized carbons (Fsp3) is 0.471. The van der Waals surface area contributed by atoms with Crippen molar-refractivity contribution in [3.05, 3.63) is 46.5 Å². The van der Waals surface area contributed by atoms with E-state index in [0.717, 1.165) is 11.8 Å². The molecule has 2 unspecified atom stereocenters. The van der Waals surface area contributed by atoms with Crippen LogP contribution in [-0.2, 0) is 0 Å². The normalized spacial score (nSPS) is 20.9. The molecule has 96 valence electrons. The van der Waals surface area contributed by atoms with Crippen LogP contribution in [0.15, 0.2) is 40.9 Å². The number of benzene rings is 1. The van der Waals surface area contributed by atoms with Gasteiger partial charge in [0.1, 0.15) is 0 Å². The molecule has 0 aliphatic carbocycles. The van der Waals surface area contributed by atoms with Gasteiger partial charge in [0.15, 0.2) is 0 Å². The minimum absolute atomic E-state index is 0.335. The van der Waals surface area contributed by atoms with Crippen molar-refractivity contribution in [1.29, 1.82) is 0 Å². The Morgan fingerprint density at radius 3 is 2.67 bits per heavy atom. The quantitative estimate of drug-likeness (QED) is 0.721. The zero-order valence-corrected chi connectivity index (χ0v) is 11.9. The monoisotopic (exact) mass is 241 g/mol. The fourth-order valence-electron chi connectivity index (χ4n) is 2.59. The van der Waals surface area contributed by atoms with E-state index in [1.165, 1.54) is 10.8 Å². The fourth-order valence-corrected chi connectivity index (χ4v) is 2.59. The molecule has 1 heterocycles. The molecule has 0 saturated heterocycles. The predicted octanol–water partition coefficient (Wildman–Crippen LogP) is 3.10. The van der Waals surface area contributed by atoms with Gasteiger partial charge in [-0.2, -0.15) is 0 Å². The largest absolute Gasteiger partial charge is 0.277 e. The maximum atomic E-state index is 4.92. The lowest BCUT2D eigenvalue weighted by atomic mass is 9.84. The van der Waals surface area contributed by atoms with Gasteiger partial charge in [-0.05, 0) is 42.0 Å². The Kier molecular flexibility index (Phi) is 4.00. The summed E-state index contributed by atoms with van der Waals surface area (Å²) in [5.41, 5.74) is 1.48. The van der Waals surface area contributed by atoms with E-state index in [1.807, 2.05) is 0 Å². The molecule has 2 rings (SSSR count). The van der Waals surface area contributed by atoms with E-state index < -0.39 is 0 Å². The van der Waals surface area contributed by atoms with E-state index in [0.29, 0.717) is 17.9 Å². The number of hydrogen-bond donors (Lipinski definition) is 0. The van der Waals surface area contributed by atoms with E-state index in [9.17, 15) is 0 Å². The second-order valence-electron chi connectivity index (χ2n) is 5.46. The summed E-state index contributed by atoms with van der Waals surface area (Å²) in [6.07, 6.45) is 5.62. The molecule has 1 aromatic carbocycles. The second-order valence-corrected chi connectivity index (χ2v) is 5.46. The Bertz CT molecular complexity index is 551. The lowest BCUT2D eigenvalue weighted by Crippen LogP contribution is -2.32. The number of rotatable bonds is 3. The molecule has 1 aliphatic heterocycles. The minimum atomic E-state index is 0.335. The molecule has 1 aromatic rings. The Hall–Kier alpha value is -1.37. The molecule has 1 nitrogen and oxygen atoms in total. The van der Waals surface area contributed by atoms with E-state index in [4.69, 9.17) is 4.99 Å². The van der Waals surface area contributed by atoms with Crippen LogP contribution < -0.4 is 10.6 Å². The van der Waals surface area contributed by atoms with Gasteiger partial charge in [-0.15, -0.1) is 0 Å². The summed E-state index contributed by atoms with van der Waals surface area (Å²) < 4.78 is 0. The summed E-state index contributed by atoms with van der Waals surface area (Å²) in [6.45, 7) is 9.03. The summed E-state index contributed by atoms with van der Waals surface area (Å²) in [5.74, 6) is 1.27. The lowest BCUT2D eigenvalue weighted by Gasteiger charge is -2.25. The molecular weight excluding hydrogens is 218 g/mol. The Morgan fingerprint density at radius 2 is 2.00 bits per heavy atom. The van der Waals surface area contributed by atoms with Gasteiger partial charge >= 0.3 is 0 Å². The second kappa shape index (κ2) is 5.51. The van der Waals surface area contributed by atoms with Gasteiger partial charge in [-0.3, -0.25) is 4.99 Å². The maximum Gasteiger partial charge on any atom is 0.0753 e. The van der Waals surface area contributed by atoms with Gasteiger partial charge in [-0.1, -0.05) is 51.1 Å². The third-order valence-electron chi connectivity index (χ3n) is 4.04.